The Kier molecular flexibility index (Phi) is 3.76. The summed E-state index contributed by atoms with van der Waals surface area (Å²) in [5.74, 6) is 0.896. The highest BCUT2D eigenvalue weighted by Gasteiger charge is 2.41. The van der Waals surface area contributed by atoms with E-state index in [4.69, 9.17) is 21.4 Å². The lowest BCUT2D eigenvalue weighted by Crippen LogP contribution is -2.33. The van der Waals surface area contributed by atoms with E-state index in [1.807, 2.05) is 18.2 Å². The van der Waals surface area contributed by atoms with Gasteiger partial charge in [-0.05, 0) is 47.5 Å². The maximum atomic E-state index is 6.32. The molecule has 2 atom stereocenters. The maximum absolute atomic E-state index is 6.32. The standard InChI is InChI=1S/C21H17ClN2OS/c1-13-2-4-14(5-3-13)18-11-19-17-10-16(22)6-7-20(17)25-21(24(19)23-18)15-8-9-26-12-15/h2-10,12,19,21H,11H2,1H3/t19-,21+/m1/s1. The summed E-state index contributed by atoms with van der Waals surface area (Å²) in [6.45, 7) is 2.10. The van der Waals surface area contributed by atoms with Crippen molar-refractivity contribution >= 4 is 28.6 Å². The molecular weight excluding hydrogens is 364 g/mol. The van der Waals surface area contributed by atoms with Crippen LogP contribution in [0, 0.1) is 6.92 Å². The van der Waals surface area contributed by atoms with Crippen molar-refractivity contribution in [1.29, 1.82) is 0 Å². The Balaban J connectivity index is 1.60. The first-order valence-electron chi connectivity index (χ1n) is 8.60. The van der Waals surface area contributed by atoms with E-state index in [-0.39, 0.29) is 12.3 Å². The van der Waals surface area contributed by atoms with Gasteiger partial charge in [-0.25, -0.2) is 5.01 Å². The van der Waals surface area contributed by atoms with Crippen molar-refractivity contribution in [3.63, 3.8) is 0 Å². The molecule has 0 bridgehead atoms. The lowest BCUT2D eigenvalue weighted by Gasteiger charge is -2.37. The highest BCUT2D eigenvalue weighted by molar-refractivity contribution is 7.07. The van der Waals surface area contributed by atoms with Gasteiger partial charge in [0.2, 0.25) is 6.23 Å². The van der Waals surface area contributed by atoms with Crippen LogP contribution in [0.15, 0.2) is 64.4 Å². The minimum absolute atomic E-state index is 0.138. The molecule has 2 aliphatic rings. The number of hydrogen-bond acceptors (Lipinski definition) is 4. The number of benzene rings is 2. The molecule has 1 aromatic heterocycles. The van der Waals surface area contributed by atoms with Gasteiger partial charge >= 0.3 is 0 Å². The number of fused-ring (bicyclic) bond motifs is 3. The molecule has 2 aliphatic heterocycles. The highest BCUT2D eigenvalue weighted by atomic mass is 35.5. The van der Waals surface area contributed by atoms with Gasteiger partial charge in [-0.3, -0.25) is 0 Å². The van der Waals surface area contributed by atoms with Crippen LogP contribution in [0.25, 0.3) is 0 Å². The summed E-state index contributed by atoms with van der Waals surface area (Å²) in [6, 6.07) is 16.7. The molecule has 3 heterocycles. The quantitative estimate of drug-likeness (QED) is 0.548. The zero-order valence-corrected chi connectivity index (χ0v) is 15.8. The second kappa shape index (κ2) is 6.15. The highest BCUT2D eigenvalue weighted by Crippen LogP contribution is 2.48. The van der Waals surface area contributed by atoms with Crippen LogP contribution in [0.4, 0.5) is 0 Å². The lowest BCUT2D eigenvalue weighted by molar-refractivity contribution is -0.0187. The summed E-state index contributed by atoms with van der Waals surface area (Å²) in [5, 5.41) is 12.0. The van der Waals surface area contributed by atoms with Gasteiger partial charge in [0.25, 0.3) is 0 Å². The van der Waals surface area contributed by atoms with Crippen LogP contribution in [-0.4, -0.2) is 10.7 Å². The number of halogens is 1. The molecule has 0 saturated heterocycles. The monoisotopic (exact) mass is 380 g/mol. The zero-order valence-electron chi connectivity index (χ0n) is 14.2. The van der Waals surface area contributed by atoms with Crippen molar-refractivity contribution < 1.29 is 4.74 Å². The number of nitrogens with zero attached hydrogens (tertiary/aromatic N) is 2. The van der Waals surface area contributed by atoms with E-state index in [1.165, 1.54) is 5.56 Å². The van der Waals surface area contributed by atoms with E-state index in [0.717, 1.165) is 39.6 Å². The van der Waals surface area contributed by atoms with E-state index in [9.17, 15) is 0 Å². The molecule has 0 fully saturated rings. The Bertz CT molecular complexity index is 982. The third kappa shape index (κ3) is 2.61. The minimum Gasteiger partial charge on any atom is -0.464 e. The van der Waals surface area contributed by atoms with E-state index in [2.05, 4.69) is 53.0 Å². The molecule has 0 amide bonds. The summed E-state index contributed by atoms with van der Waals surface area (Å²) in [4.78, 5) is 0. The van der Waals surface area contributed by atoms with Crippen LogP contribution in [0.1, 0.15) is 40.9 Å². The summed E-state index contributed by atoms with van der Waals surface area (Å²) in [5.41, 5.74) is 5.75. The van der Waals surface area contributed by atoms with Gasteiger partial charge in [-0.1, -0.05) is 41.4 Å². The third-order valence-electron chi connectivity index (χ3n) is 4.97. The fourth-order valence-electron chi connectivity index (χ4n) is 3.61. The molecule has 0 saturated carbocycles. The molecule has 3 aromatic rings. The van der Waals surface area contributed by atoms with Crippen LogP contribution in [0.2, 0.25) is 5.02 Å². The van der Waals surface area contributed by atoms with Crippen molar-refractivity contribution in [2.45, 2.75) is 25.6 Å². The van der Waals surface area contributed by atoms with E-state index >= 15 is 0 Å². The van der Waals surface area contributed by atoms with Crippen molar-refractivity contribution in [2.24, 2.45) is 5.10 Å². The minimum atomic E-state index is -0.206. The average Bonchev–Trinajstić information content (AvgIpc) is 3.32. The fraction of sp³-hybridized carbons (Fsp3) is 0.190. The smallest absolute Gasteiger partial charge is 0.214 e. The largest absolute Gasteiger partial charge is 0.464 e. The van der Waals surface area contributed by atoms with Gasteiger partial charge in [0.05, 0.1) is 11.8 Å². The Morgan fingerprint density at radius 3 is 2.77 bits per heavy atom. The van der Waals surface area contributed by atoms with Gasteiger partial charge in [0, 0.05) is 22.6 Å². The summed E-state index contributed by atoms with van der Waals surface area (Å²) < 4.78 is 6.32. The van der Waals surface area contributed by atoms with Crippen molar-refractivity contribution in [2.75, 3.05) is 0 Å². The Labute approximate surface area is 161 Å². The molecule has 2 aromatic carbocycles. The summed E-state index contributed by atoms with van der Waals surface area (Å²) >= 11 is 7.94. The molecule has 0 radical (unpaired) electrons. The number of aryl methyl sites for hydroxylation is 1. The van der Waals surface area contributed by atoms with Crippen LogP contribution in [-0.2, 0) is 0 Å². The number of thiophene rings is 1. The molecule has 5 heteroatoms. The number of hydrogen-bond donors (Lipinski definition) is 0. The van der Waals surface area contributed by atoms with Gasteiger partial charge in [-0.2, -0.15) is 16.4 Å². The Morgan fingerprint density at radius 1 is 1.15 bits per heavy atom. The number of ether oxygens (including phenoxy) is 1. The van der Waals surface area contributed by atoms with Gasteiger partial charge < -0.3 is 4.74 Å². The summed E-state index contributed by atoms with van der Waals surface area (Å²) in [7, 11) is 0. The first kappa shape index (κ1) is 15.9. The molecular formula is C21H17ClN2OS. The lowest BCUT2D eigenvalue weighted by atomic mass is 9.96. The maximum Gasteiger partial charge on any atom is 0.214 e. The normalized spacial score (nSPS) is 21.0. The van der Waals surface area contributed by atoms with Crippen molar-refractivity contribution in [1.82, 2.24) is 5.01 Å². The molecule has 130 valence electrons. The molecule has 0 unspecified atom stereocenters. The predicted molar refractivity (Wildman–Crippen MR) is 106 cm³/mol. The van der Waals surface area contributed by atoms with Crippen molar-refractivity contribution in [3.05, 3.63) is 86.6 Å². The number of rotatable bonds is 2. The van der Waals surface area contributed by atoms with Crippen LogP contribution < -0.4 is 4.74 Å². The molecule has 0 aliphatic carbocycles. The van der Waals surface area contributed by atoms with E-state index in [0.29, 0.717) is 0 Å². The van der Waals surface area contributed by atoms with Crippen LogP contribution in [0.3, 0.4) is 0 Å². The molecule has 0 spiro atoms. The SMILES string of the molecule is Cc1ccc(C2=NN3[C@H](C2)c2cc(Cl)ccc2O[C@H]3c2ccsc2)cc1. The Morgan fingerprint density at radius 2 is 2.00 bits per heavy atom. The second-order valence-corrected chi connectivity index (χ2v) is 7.94. The third-order valence-corrected chi connectivity index (χ3v) is 5.90. The molecule has 3 nitrogen and oxygen atoms in total. The topological polar surface area (TPSA) is 24.8 Å². The fourth-order valence-corrected chi connectivity index (χ4v) is 4.46. The molecule has 5 rings (SSSR count). The Hall–Kier alpha value is -2.30. The van der Waals surface area contributed by atoms with Gasteiger partial charge in [0.15, 0.2) is 0 Å². The van der Waals surface area contributed by atoms with Gasteiger partial charge in [0.1, 0.15) is 5.75 Å². The molecule has 0 N–H and O–H groups in total. The molecule has 26 heavy (non-hydrogen) atoms. The second-order valence-electron chi connectivity index (χ2n) is 6.72. The van der Waals surface area contributed by atoms with Crippen molar-refractivity contribution in [3.8, 4) is 5.75 Å². The first-order chi connectivity index (χ1) is 12.7. The van der Waals surface area contributed by atoms with Crippen LogP contribution >= 0.6 is 22.9 Å². The zero-order chi connectivity index (χ0) is 17.7. The predicted octanol–water partition coefficient (Wildman–Crippen LogP) is 5.95. The first-order valence-corrected chi connectivity index (χ1v) is 9.92. The van der Waals surface area contributed by atoms with E-state index in [1.54, 1.807) is 11.3 Å². The van der Waals surface area contributed by atoms with Crippen LogP contribution in [0.5, 0.6) is 5.75 Å². The summed E-state index contributed by atoms with van der Waals surface area (Å²) in [6.07, 6.45) is 0.642. The average molecular weight is 381 g/mol. The van der Waals surface area contributed by atoms with E-state index < -0.39 is 0 Å². The van der Waals surface area contributed by atoms with Gasteiger partial charge in [-0.15, -0.1) is 0 Å². The number of hydrazone groups is 1.